The van der Waals surface area contributed by atoms with Crippen molar-refractivity contribution in [2.45, 2.75) is 19.3 Å². The maximum atomic E-state index is 11.8. The smallest absolute Gasteiger partial charge is 0.311 e. The molecule has 1 atom stereocenters. The Morgan fingerprint density at radius 2 is 2.28 bits per heavy atom. The molecule has 0 spiro atoms. The molecule has 0 saturated carbocycles. The zero-order chi connectivity index (χ0) is 12.8. The van der Waals surface area contributed by atoms with Crippen molar-refractivity contribution in [2.75, 3.05) is 20.2 Å². The van der Waals surface area contributed by atoms with E-state index in [1.165, 1.54) is 0 Å². The van der Waals surface area contributed by atoms with Crippen molar-refractivity contribution in [3.63, 3.8) is 0 Å². The van der Waals surface area contributed by atoms with E-state index < -0.39 is 0 Å². The number of rotatable bonds is 4. The van der Waals surface area contributed by atoms with Gasteiger partial charge in [0.25, 0.3) is 0 Å². The van der Waals surface area contributed by atoms with Gasteiger partial charge in [-0.15, -0.1) is 0 Å². The minimum Gasteiger partial charge on any atom is -0.497 e. The SMILES string of the molecule is COc1cccc(OC(=O)CC2CCCNC2)c1. The molecule has 1 aliphatic rings. The third-order valence-corrected chi connectivity index (χ3v) is 3.13. The number of esters is 1. The summed E-state index contributed by atoms with van der Waals surface area (Å²) >= 11 is 0. The summed E-state index contributed by atoms with van der Waals surface area (Å²) in [6, 6.07) is 7.11. The molecule has 0 bridgehead atoms. The monoisotopic (exact) mass is 249 g/mol. The van der Waals surface area contributed by atoms with E-state index in [2.05, 4.69) is 5.32 Å². The second-order valence-corrected chi connectivity index (χ2v) is 4.57. The van der Waals surface area contributed by atoms with E-state index in [0.29, 0.717) is 23.8 Å². The molecule has 0 aromatic heterocycles. The van der Waals surface area contributed by atoms with Crippen molar-refractivity contribution < 1.29 is 14.3 Å². The number of hydrogen-bond donors (Lipinski definition) is 1. The fraction of sp³-hybridized carbons (Fsp3) is 0.500. The van der Waals surface area contributed by atoms with Crippen molar-refractivity contribution in [1.82, 2.24) is 5.32 Å². The Hall–Kier alpha value is -1.55. The van der Waals surface area contributed by atoms with Crippen LogP contribution in [-0.2, 0) is 4.79 Å². The number of ether oxygens (including phenoxy) is 2. The number of hydrogen-bond acceptors (Lipinski definition) is 4. The topological polar surface area (TPSA) is 47.6 Å². The van der Waals surface area contributed by atoms with Gasteiger partial charge in [-0.3, -0.25) is 4.79 Å². The number of nitrogens with one attached hydrogen (secondary N) is 1. The molecule has 1 saturated heterocycles. The van der Waals surface area contributed by atoms with Crippen LogP contribution in [0.15, 0.2) is 24.3 Å². The predicted molar refractivity (Wildman–Crippen MR) is 68.8 cm³/mol. The largest absolute Gasteiger partial charge is 0.497 e. The fourth-order valence-electron chi connectivity index (χ4n) is 2.17. The molecule has 4 heteroatoms. The third kappa shape index (κ3) is 3.74. The van der Waals surface area contributed by atoms with Crippen molar-refractivity contribution in [1.29, 1.82) is 0 Å². The summed E-state index contributed by atoms with van der Waals surface area (Å²) in [4.78, 5) is 11.8. The molecule has 1 heterocycles. The molecular formula is C14H19NO3. The maximum Gasteiger partial charge on any atom is 0.311 e. The first-order valence-corrected chi connectivity index (χ1v) is 6.33. The minimum absolute atomic E-state index is 0.169. The first kappa shape index (κ1) is 12.9. The normalized spacial score (nSPS) is 19.3. The van der Waals surface area contributed by atoms with E-state index in [9.17, 15) is 4.79 Å². The van der Waals surface area contributed by atoms with E-state index >= 15 is 0 Å². The van der Waals surface area contributed by atoms with E-state index in [4.69, 9.17) is 9.47 Å². The van der Waals surface area contributed by atoms with Crippen LogP contribution in [0.25, 0.3) is 0 Å². The van der Waals surface area contributed by atoms with Crippen molar-refractivity contribution >= 4 is 5.97 Å². The zero-order valence-corrected chi connectivity index (χ0v) is 10.6. The summed E-state index contributed by atoms with van der Waals surface area (Å²) in [6.07, 6.45) is 2.71. The van der Waals surface area contributed by atoms with Gasteiger partial charge in [-0.1, -0.05) is 6.07 Å². The van der Waals surface area contributed by atoms with Crippen LogP contribution in [0.2, 0.25) is 0 Å². The van der Waals surface area contributed by atoms with Gasteiger partial charge in [0.15, 0.2) is 0 Å². The highest BCUT2D eigenvalue weighted by atomic mass is 16.5. The van der Waals surface area contributed by atoms with Crippen molar-refractivity contribution in [2.24, 2.45) is 5.92 Å². The average Bonchev–Trinajstić information content (AvgIpc) is 2.40. The summed E-state index contributed by atoms with van der Waals surface area (Å²) in [5.74, 6) is 1.47. The molecule has 0 amide bonds. The van der Waals surface area contributed by atoms with E-state index in [1.54, 1.807) is 19.2 Å². The molecule has 0 radical (unpaired) electrons. The van der Waals surface area contributed by atoms with Gasteiger partial charge < -0.3 is 14.8 Å². The van der Waals surface area contributed by atoms with Gasteiger partial charge in [-0.05, 0) is 44.0 Å². The van der Waals surface area contributed by atoms with Gasteiger partial charge >= 0.3 is 5.97 Å². The number of piperidine rings is 1. The quantitative estimate of drug-likeness (QED) is 0.655. The van der Waals surface area contributed by atoms with Gasteiger partial charge in [0.05, 0.1) is 7.11 Å². The standard InChI is InChI=1S/C14H19NO3/c1-17-12-5-2-6-13(9-12)18-14(16)8-11-4-3-7-15-10-11/h2,5-6,9,11,15H,3-4,7-8,10H2,1H3. The fourth-order valence-corrected chi connectivity index (χ4v) is 2.17. The van der Waals surface area contributed by atoms with E-state index in [0.717, 1.165) is 25.9 Å². The average molecular weight is 249 g/mol. The van der Waals surface area contributed by atoms with Gasteiger partial charge in [-0.2, -0.15) is 0 Å². The van der Waals surface area contributed by atoms with Gasteiger partial charge in [0.2, 0.25) is 0 Å². The highest BCUT2D eigenvalue weighted by molar-refractivity contribution is 5.72. The molecule has 1 unspecified atom stereocenters. The van der Waals surface area contributed by atoms with Crippen molar-refractivity contribution in [3.05, 3.63) is 24.3 Å². The Morgan fingerprint density at radius 3 is 3.00 bits per heavy atom. The van der Waals surface area contributed by atoms with Crippen LogP contribution in [0.5, 0.6) is 11.5 Å². The molecule has 1 N–H and O–H groups in total. The first-order chi connectivity index (χ1) is 8.78. The Labute approximate surface area is 107 Å². The number of methoxy groups -OCH3 is 1. The second-order valence-electron chi connectivity index (χ2n) is 4.57. The maximum absolute atomic E-state index is 11.8. The molecule has 18 heavy (non-hydrogen) atoms. The van der Waals surface area contributed by atoms with Gasteiger partial charge in [0.1, 0.15) is 11.5 Å². The lowest BCUT2D eigenvalue weighted by molar-refractivity contribution is -0.135. The highest BCUT2D eigenvalue weighted by Crippen LogP contribution is 2.21. The third-order valence-electron chi connectivity index (χ3n) is 3.13. The summed E-state index contributed by atoms with van der Waals surface area (Å²) in [7, 11) is 1.59. The van der Waals surface area contributed by atoms with Crippen LogP contribution in [0.4, 0.5) is 0 Å². The van der Waals surface area contributed by atoms with Crippen LogP contribution in [0.3, 0.4) is 0 Å². The predicted octanol–water partition coefficient (Wildman–Crippen LogP) is 1.99. The number of benzene rings is 1. The summed E-state index contributed by atoms with van der Waals surface area (Å²) in [6.45, 7) is 1.97. The Balaban J connectivity index is 1.85. The summed E-state index contributed by atoms with van der Waals surface area (Å²) in [5, 5.41) is 3.29. The van der Waals surface area contributed by atoms with Crippen LogP contribution in [0, 0.1) is 5.92 Å². The summed E-state index contributed by atoms with van der Waals surface area (Å²) < 4.78 is 10.4. The Morgan fingerprint density at radius 1 is 1.44 bits per heavy atom. The van der Waals surface area contributed by atoms with Crippen LogP contribution < -0.4 is 14.8 Å². The lowest BCUT2D eigenvalue weighted by Gasteiger charge is -2.21. The molecule has 1 aromatic carbocycles. The number of carbonyl (C=O) groups excluding carboxylic acids is 1. The van der Waals surface area contributed by atoms with E-state index in [1.807, 2.05) is 12.1 Å². The molecular weight excluding hydrogens is 230 g/mol. The van der Waals surface area contributed by atoms with Crippen LogP contribution in [0.1, 0.15) is 19.3 Å². The molecule has 0 aliphatic carbocycles. The minimum atomic E-state index is -0.169. The van der Waals surface area contributed by atoms with Gasteiger partial charge in [-0.25, -0.2) is 0 Å². The lowest BCUT2D eigenvalue weighted by atomic mass is 9.96. The second kappa shape index (κ2) is 6.40. The van der Waals surface area contributed by atoms with Crippen LogP contribution >= 0.6 is 0 Å². The Kier molecular flexibility index (Phi) is 4.59. The zero-order valence-electron chi connectivity index (χ0n) is 10.6. The van der Waals surface area contributed by atoms with Crippen molar-refractivity contribution in [3.8, 4) is 11.5 Å². The number of carbonyl (C=O) groups is 1. The van der Waals surface area contributed by atoms with Crippen LogP contribution in [-0.4, -0.2) is 26.2 Å². The van der Waals surface area contributed by atoms with Gasteiger partial charge in [0, 0.05) is 12.5 Å². The molecule has 98 valence electrons. The lowest BCUT2D eigenvalue weighted by Crippen LogP contribution is -2.31. The molecule has 1 aliphatic heterocycles. The molecule has 4 nitrogen and oxygen atoms in total. The van der Waals surface area contributed by atoms with E-state index in [-0.39, 0.29) is 5.97 Å². The molecule has 1 fully saturated rings. The molecule has 1 aromatic rings. The summed E-state index contributed by atoms with van der Waals surface area (Å²) in [5.41, 5.74) is 0. The Bertz CT molecular complexity index is 400. The molecule has 2 rings (SSSR count). The highest BCUT2D eigenvalue weighted by Gasteiger charge is 2.18. The first-order valence-electron chi connectivity index (χ1n) is 6.33.